The van der Waals surface area contributed by atoms with Crippen LogP contribution in [-0.2, 0) is 11.3 Å². The summed E-state index contributed by atoms with van der Waals surface area (Å²) in [6.45, 7) is 6.09. The predicted octanol–water partition coefficient (Wildman–Crippen LogP) is 1.88. The summed E-state index contributed by atoms with van der Waals surface area (Å²) in [5.74, 6) is 0.885. The van der Waals surface area contributed by atoms with Gasteiger partial charge in [0.1, 0.15) is 5.65 Å². The van der Waals surface area contributed by atoms with Crippen molar-refractivity contribution in [2.24, 2.45) is 5.92 Å². The molecular formula is C18H26N4O. The number of ether oxygens (including phenoxy) is 1. The lowest BCUT2D eigenvalue weighted by atomic mass is 10.2. The molecule has 2 aromatic heterocycles. The van der Waals surface area contributed by atoms with Gasteiger partial charge in [0.25, 0.3) is 0 Å². The first-order valence-electron chi connectivity index (χ1n) is 8.71. The second kappa shape index (κ2) is 6.59. The molecule has 1 saturated heterocycles. The number of likely N-dealkylation sites (N-methyl/N-ethyl adjacent to an activating group) is 1. The van der Waals surface area contributed by atoms with Gasteiger partial charge in [-0.1, -0.05) is 6.07 Å². The summed E-state index contributed by atoms with van der Waals surface area (Å²) in [4.78, 5) is 9.46. The van der Waals surface area contributed by atoms with Crippen molar-refractivity contribution >= 4 is 5.65 Å². The highest BCUT2D eigenvalue weighted by Crippen LogP contribution is 2.30. The Labute approximate surface area is 137 Å². The van der Waals surface area contributed by atoms with Gasteiger partial charge >= 0.3 is 0 Å². The van der Waals surface area contributed by atoms with Crippen molar-refractivity contribution in [2.75, 3.05) is 39.8 Å². The summed E-state index contributed by atoms with van der Waals surface area (Å²) in [7, 11) is 2.19. The summed E-state index contributed by atoms with van der Waals surface area (Å²) in [5, 5.41) is 0. The zero-order valence-electron chi connectivity index (χ0n) is 13.9. The van der Waals surface area contributed by atoms with Gasteiger partial charge in [0, 0.05) is 38.9 Å². The molecule has 0 aromatic carbocycles. The van der Waals surface area contributed by atoms with E-state index >= 15 is 0 Å². The maximum Gasteiger partial charge on any atom is 0.136 e. The SMILES string of the molecule is CN1CCO[C@@H](CN(Cc2cnc3ccccn23)CC2CC2)C1. The van der Waals surface area contributed by atoms with E-state index in [1.165, 1.54) is 25.1 Å². The molecule has 0 unspecified atom stereocenters. The number of hydrogen-bond donors (Lipinski definition) is 0. The number of aromatic nitrogens is 2. The molecule has 1 saturated carbocycles. The van der Waals surface area contributed by atoms with Gasteiger partial charge in [0.05, 0.1) is 24.6 Å². The molecule has 2 aromatic rings. The van der Waals surface area contributed by atoms with Crippen LogP contribution in [-0.4, -0.2) is 65.1 Å². The van der Waals surface area contributed by atoms with Gasteiger partial charge in [-0.3, -0.25) is 4.90 Å². The molecule has 1 aliphatic heterocycles. The van der Waals surface area contributed by atoms with E-state index in [1.807, 2.05) is 12.3 Å². The van der Waals surface area contributed by atoms with Gasteiger partial charge < -0.3 is 14.0 Å². The quantitative estimate of drug-likeness (QED) is 0.815. The van der Waals surface area contributed by atoms with Crippen molar-refractivity contribution in [3.8, 4) is 0 Å². The average Bonchev–Trinajstić information content (AvgIpc) is 3.27. The fourth-order valence-corrected chi connectivity index (χ4v) is 3.47. The number of pyridine rings is 1. The standard InChI is InChI=1S/C18H26N4O/c1-20-8-9-23-17(13-20)14-21(11-15-5-6-15)12-16-10-19-18-4-2-3-7-22(16)18/h2-4,7,10,15,17H,5-6,8-9,11-14H2,1H3/t17-/m1/s1. The Balaban J connectivity index is 1.46. The van der Waals surface area contributed by atoms with E-state index in [1.54, 1.807) is 0 Å². The molecule has 0 spiro atoms. The van der Waals surface area contributed by atoms with Crippen LogP contribution in [0.1, 0.15) is 18.5 Å². The first-order chi connectivity index (χ1) is 11.3. The first kappa shape index (κ1) is 15.1. The van der Waals surface area contributed by atoms with Crippen LogP contribution in [0.4, 0.5) is 0 Å². The third-order valence-electron chi connectivity index (χ3n) is 4.90. The lowest BCUT2D eigenvalue weighted by Gasteiger charge is -2.34. The third-order valence-corrected chi connectivity index (χ3v) is 4.90. The van der Waals surface area contributed by atoms with Gasteiger partial charge in [-0.2, -0.15) is 0 Å². The summed E-state index contributed by atoms with van der Waals surface area (Å²) in [6.07, 6.45) is 7.22. The normalized spacial score (nSPS) is 23.0. The Morgan fingerprint density at radius 1 is 1.30 bits per heavy atom. The molecular weight excluding hydrogens is 288 g/mol. The highest BCUT2D eigenvalue weighted by atomic mass is 16.5. The molecule has 1 atom stereocenters. The lowest BCUT2D eigenvalue weighted by molar-refractivity contribution is -0.0374. The molecule has 0 bridgehead atoms. The van der Waals surface area contributed by atoms with Crippen LogP contribution in [0.2, 0.25) is 0 Å². The minimum Gasteiger partial charge on any atom is -0.374 e. The van der Waals surface area contributed by atoms with Crippen LogP contribution in [0, 0.1) is 5.92 Å². The maximum atomic E-state index is 5.98. The van der Waals surface area contributed by atoms with Gasteiger partial charge in [-0.25, -0.2) is 4.98 Å². The highest BCUT2D eigenvalue weighted by Gasteiger charge is 2.27. The molecule has 2 aliphatic rings. The van der Waals surface area contributed by atoms with Crippen LogP contribution < -0.4 is 0 Å². The largest absolute Gasteiger partial charge is 0.374 e. The maximum absolute atomic E-state index is 5.98. The number of fused-ring (bicyclic) bond motifs is 1. The number of hydrogen-bond acceptors (Lipinski definition) is 4. The Kier molecular flexibility index (Phi) is 4.33. The molecule has 1 aliphatic carbocycles. The molecule has 2 fully saturated rings. The van der Waals surface area contributed by atoms with E-state index in [4.69, 9.17) is 4.74 Å². The zero-order chi connectivity index (χ0) is 15.6. The monoisotopic (exact) mass is 314 g/mol. The highest BCUT2D eigenvalue weighted by molar-refractivity contribution is 5.39. The van der Waals surface area contributed by atoms with Crippen LogP contribution in [0.3, 0.4) is 0 Å². The minimum atomic E-state index is 0.326. The Bertz CT molecular complexity index is 651. The Morgan fingerprint density at radius 3 is 3.04 bits per heavy atom. The first-order valence-corrected chi connectivity index (χ1v) is 8.71. The van der Waals surface area contributed by atoms with Gasteiger partial charge in [0.15, 0.2) is 0 Å². The van der Waals surface area contributed by atoms with Gasteiger partial charge in [-0.05, 0) is 37.9 Å². The van der Waals surface area contributed by atoms with Gasteiger partial charge in [0.2, 0.25) is 0 Å². The van der Waals surface area contributed by atoms with Crippen molar-refractivity contribution < 1.29 is 4.74 Å². The van der Waals surface area contributed by atoms with Crippen LogP contribution in [0.15, 0.2) is 30.6 Å². The van der Waals surface area contributed by atoms with E-state index in [2.05, 4.69) is 44.6 Å². The number of rotatable bonds is 6. The summed E-state index contributed by atoms with van der Waals surface area (Å²) >= 11 is 0. The molecule has 0 N–H and O–H groups in total. The molecule has 3 heterocycles. The molecule has 5 nitrogen and oxygen atoms in total. The van der Waals surface area contributed by atoms with Crippen molar-refractivity contribution in [3.05, 3.63) is 36.3 Å². The predicted molar refractivity (Wildman–Crippen MR) is 90.4 cm³/mol. The van der Waals surface area contributed by atoms with Gasteiger partial charge in [-0.15, -0.1) is 0 Å². The van der Waals surface area contributed by atoms with E-state index in [-0.39, 0.29) is 0 Å². The number of imidazole rings is 1. The fourth-order valence-electron chi connectivity index (χ4n) is 3.47. The summed E-state index contributed by atoms with van der Waals surface area (Å²) < 4.78 is 8.18. The van der Waals surface area contributed by atoms with E-state index in [9.17, 15) is 0 Å². The van der Waals surface area contributed by atoms with Crippen molar-refractivity contribution in [1.82, 2.24) is 19.2 Å². The number of nitrogens with zero attached hydrogens (tertiary/aromatic N) is 4. The Morgan fingerprint density at radius 2 is 2.22 bits per heavy atom. The van der Waals surface area contributed by atoms with Crippen LogP contribution >= 0.6 is 0 Å². The Hall–Kier alpha value is -1.43. The molecule has 0 amide bonds. The van der Waals surface area contributed by atoms with Crippen molar-refractivity contribution in [3.63, 3.8) is 0 Å². The minimum absolute atomic E-state index is 0.326. The summed E-state index contributed by atoms with van der Waals surface area (Å²) in [6, 6.07) is 6.18. The van der Waals surface area contributed by atoms with E-state index < -0.39 is 0 Å². The van der Waals surface area contributed by atoms with Crippen LogP contribution in [0.25, 0.3) is 5.65 Å². The molecule has 124 valence electrons. The van der Waals surface area contributed by atoms with Crippen molar-refractivity contribution in [2.45, 2.75) is 25.5 Å². The van der Waals surface area contributed by atoms with Crippen molar-refractivity contribution in [1.29, 1.82) is 0 Å². The molecule has 23 heavy (non-hydrogen) atoms. The van der Waals surface area contributed by atoms with Crippen LogP contribution in [0.5, 0.6) is 0 Å². The summed E-state index contributed by atoms with van der Waals surface area (Å²) in [5.41, 5.74) is 2.30. The second-order valence-electron chi connectivity index (χ2n) is 7.07. The molecule has 0 radical (unpaired) electrons. The average molecular weight is 314 g/mol. The van der Waals surface area contributed by atoms with E-state index in [0.717, 1.165) is 44.4 Å². The fraction of sp³-hybridized carbons (Fsp3) is 0.611. The topological polar surface area (TPSA) is 33.0 Å². The molecule has 5 heteroatoms. The lowest BCUT2D eigenvalue weighted by Crippen LogP contribution is -2.46. The zero-order valence-corrected chi connectivity index (χ0v) is 13.9. The third kappa shape index (κ3) is 3.74. The molecule has 4 rings (SSSR count). The second-order valence-corrected chi connectivity index (χ2v) is 7.07. The number of morpholine rings is 1. The smallest absolute Gasteiger partial charge is 0.136 e. The van der Waals surface area contributed by atoms with E-state index in [0.29, 0.717) is 6.10 Å².